The van der Waals surface area contributed by atoms with Crippen LogP contribution >= 0.6 is 0 Å². The smallest absolute Gasteiger partial charge is 0.0124 e. The van der Waals surface area contributed by atoms with Gasteiger partial charge in [-0.25, -0.2) is 0 Å². The molecule has 0 nitrogen and oxygen atoms in total. The first-order valence-electron chi connectivity index (χ1n) is 15.3. The second-order valence-electron chi connectivity index (χ2n) is 12.8. The molecule has 0 saturated heterocycles. The standard InChI is InChI=1S/C38H42/c1-27-11-9-13-33-31(27)19-21-35(33)37(23-5-3-6-24-37)29-15-17-30(18-16-29)38(25-7-4-8-26-38)36-22-20-32-28(2)12-10-14-34(32)36/h9-22,35-36H,3-8,23-26H2,1-2H3. The Hall–Kier alpha value is -2.86. The van der Waals surface area contributed by atoms with Gasteiger partial charge >= 0.3 is 0 Å². The minimum Gasteiger partial charge on any atom is -0.0755 e. The van der Waals surface area contributed by atoms with Gasteiger partial charge in [-0.2, -0.15) is 0 Å². The van der Waals surface area contributed by atoms with E-state index in [4.69, 9.17) is 0 Å². The molecule has 0 aliphatic heterocycles. The summed E-state index contributed by atoms with van der Waals surface area (Å²) in [4.78, 5) is 0. The summed E-state index contributed by atoms with van der Waals surface area (Å²) in [5.74, 6) is 1.000. The van der Waals surface area contributed by atoms with E-state index < -0.39 is 0 Å². The van der Waals surface area contributed by atoms with Crippen LogP contribution in [-0.4, -0.2) is 0 Å². The molecular weight excluding hydrogens is 456 g/mol. The Labute approximate surface area is 229 Å². The summed E-state index contributed by atoms with van der Waals surface area (Å²) in [5, 5.41) is 0. The molecule has 0 radical (unpaired) electrons. The average Bonchev–Trinajstić information content (AvgIpc) is 3.61. The lowest BCUT2D eigenvalue weighted by atomic mass is 9.59. The monoisotopic (exact) mass is 498 g/mol. The third-order valence-electron chi connectivity index (χ3n) is 11.0. The molecule has 3 aromatic carbocycles. The molecular formula is C38H42. The highest BCUT2D eigenvalue weighted by atomic mass is 14.5. The van der Waals surface area contributed by atoms with Crippen molar-refractivity contribution < 1.29 is 0 Å². The molecule has 4 aliphatic carbocycles. The highest BCUT2D eigenvalue weighted by molar-refractivity contribution is 5.68. The van der Waals surface area contributed by atoms with E-state index in [1.54, 1.807) is 22.3 Å². The predicted molar refractivity (Wildman–Crippen MR) is 162 cm³/mol. The van der Waals surface area contributed by atoms with Crippen molar-refractivity contribution in [1.82, 2.24) is 0 Å². The number of aryl methyl sites for hydroxylation is 2. The van der Waals surface area contributed by atoms with Gasteiger partial charge in [0, 0.05) is 22.7 Å². The molecule has 0 aromatic heterocycles. The van der Waals surface area contributed by atoms with E-state index in [1.807, 2.05) is 0 Å². The highest BCUT2D eigenvalue weighted by Crippen LogP contribution is 2.56. The lowest BCUT2D eigenvalue weighted by Gasteiger charge is -2.45. The predicted octanol–water partition coefficient (Wildman–Crippen LogP) is 10.3. The first-order valence-corrected chi connectivity index (χ1v) is 15.3. The van der Waals surface area contributed by atoms with Crippen molar-refractivity contribution in [3.63, 3.8) is 0 Å². The molecule has 2 saturated carbocycles. The lowest BCUT2D eigenvalue weighted by molar-refractivity contribution is 0.263. The zero-order valence-electron chi connectivity index (χ0n) is 23.3. The third kappa shape index (κ3) is 3.63. The number of hydrogen-bond donors (Lipinski definition) is 0. The van der Waals surface area contributed by atoms with E-state index in [1.165, 1.54) is 86.5 Å². The summed E-state index contributed by atoms with van der Waals surface area (Å²) in [5.41, 5.74) is 12.5. The quantitative estimate of drug-likeness (QED) is 0.335. The molecule has 2 fully saturated rings. The van der Waals surface area contributed by atoms with Crippen molar-refractivity contribution >= 4 is 12.2 Å². The molecule has 0 amide bonds. The van der Waals surface area contributed by atoms with Crippen LogP contribution in [-0.2, 0) is 10.8 Å². The Morgan fingerprint density at radius 1 is 0.500 bits per heavy atom. The minimum atomic E-state index is 0.225. The van der Waals surface area contributed by atoms with Crippen LogP contribution in [0.15, 0.2) is 72.8 Å². The number of allylic oxidation sites excluding steroid dienone is 2. The fraction of sp³-hybridized carbons (Fsp3) is 0.421. The SMILES string of the molecule is Cc1cccc2c1C=CC2C1(c2ccc(C3(C4C=Cc5c(C)cccc54)CCCCC3)cc2)CCCCC1. The summed E-state index contributed by atoms with van der Waals surface area (Å²) in [7, 11) is 0. The fourth-order valence-corrected chi connectivity index (χ4v) is 9.02. The molecule has 38 heavy (non-hydrogen) atoms. The van der Waals surface area contributed by atoms with Crippen molar-refractivity contribution in [2.75, 3.05) is 0 Å². The van der Waals surface area contributed by atoms with Crippen LogP contribution in [0.4, 0.5) is 0 Å². The molecule has 0 N–H and O–H groups in total. The van der Waals surface area contributed by atoms with Crippen LogP contribution in [0, 0.1) is 13.8 Å². The van der Waals surface area contributed by atoms with Gasteiger partial charge in [0.2, 0.25) is 0 Å². The van der Waals surface area contributed by atoms with E-state index >= 15 is 0 Å². The van der Waals surface area contributed by atoms with Gasteiger partial charge in [0.25, 0.3) is 0 Å². The molecule has 0 spiro atoms. The molecule has 0 heterocycles. The number of rotatable bonds is 4. The first-order chi connectivity index (χ1) is 18.6. The second-order valence-corrected chi connectivity index (χ2v) is 12.8. The van der Waals surface area contributed by atoms with Gasteiger partial charge in [-0.1, -0.05) is 123 Å². The summed E-state index contributed by atoms with van der Waals surface area (Å²) in [6.07, 6.45) is 23.3. The maximum atomic E-state index is 2.56. The summed E-state index contributed by atoms with van der Waals surface area (Å²) >= 11 is 0. The maximum Gasteiger partial charge on any atom is 0.0124 e. The number of benzene rings is 3. The summed E-state index contributed by atoms with van der Waals surface area (Å²) in [6, 6.07) is 24.2. The third-order valence-corrected chi connectivity index (χ3v) is 11.0. The van der Waals surface area contributed by atoms with Crippen LogP contribution in [0.5, 0.6) is 0 Å². The number of fused-ring (bicyclic) bond motifs is 2. The van der Waals surface area contributed by atoms with Crippen LogP contribution < -0.4 is 0 Å². The van der Waals surface area contributed by atoms with Crippen LogP contribution in [0.3, 0.4) is 0 Å². The Kier molecular flexibility index (Phi) is 5.99. The molecule has 7 rings (SSSR count). The van der Waals surface area contributed by atoms with Gasteiger partial charge in [-0.15, -0.1) is 0 Å². The van der Waals surface area contributed by atoms with Crippen LogP contribution in [0.25, 0.3) is 12.2 Å². The second kappa shape index (κ2) is 9.41. The molecule has 2 unspecified atom stereocenters. The topological polar surface area (TPSA) is 0 Å². The number of hydrogen-bond acceptors (Lipinski definition) is 0. The van der Waals surface area contributed by atoms with Gasteiger partial charge in [-0.05, 0) is 84.0 Å². The van der Waals surface area contributed by atoms with E-state index in [2.05, 4.69) is 98.8 Å². The Morgan fingerprint density at radius 2 is 0.895 bits per heavy atom. The van der Waals surface area contributed by atoms with E-state index in [9.17, 15) is 0 Å². The maximum absolute atomic E-state index is 2.56. The normalized spacial score (nSPS) is 24.8. The van der Waals surface area contributed by atoms with E-state index in [0.29, 0.717) is 11.8 Å². The Morgan fingerprint density at radius 3 is 1.29 bits per heavy atom. The fourth-order valence-electron chi connectivity index (χ4n) is 9.02. The van der Waals surface area contributed by atoms with E-state index in [0.717, 1.165) is 0 Å². The van der Waals surface area contributed by atoms with Crippen molar-refractivity contribution in [2.24, 2.45) is 0 Å². The Balaban J connectivity index is 1.29. The molecule has 3 aromatic rings. The van der Waals surface area contributed by atoms with Crippen molar-refractivity contribution in [1.29, 1.82) is 0 Å². The van der Waals surface area contributed by atoms with Gasteiger partial charge < -0.3 is 0 Å². The molecule has 0 heteroatoms. The molecule has 4 aliphatic rings. The Bertz CT molecular complexity index is 1280. The summed E-state index contributed by atoms with van der Waals surface area (Å²) < 4.78 is 0. The largest absolute Gasteiger partial charge is 0.0755 e. The van der Waals surface area contributed by atoms with Crippen LogP contribution in [0.1, 0.15) is 121 Å². The molecule has 194 valence electrons. The average molecular weight is 499 g/mol. The molecule has 2 atom stereocenters. The van der Waals surface area contributed by atoms with E-state index in [-0.39, 0.29) is 10.8 Å². The zero-order valence-corrected chi connectivity index (χ0v) is 23.3. The zero-order chi connectivity index (χ0) is 25.7. The summed E-state index contributed by atoms with van der Waals surface area (Å²) in [6.45, 7) is 4.54. The molecule has 0 bridgehead atoms. The van der Waals surface area contributed by atoms with Crippen molar-refractivity contribution in [3.05, 3.63) is 117 Å². The first kappa shape index (κ1) is 24.2. The van der Waals surface area contributed by atoms with Gasteiger partial charge in [-0.3, -0.25) is 0 Å². The van der Waals surface area contributed by atoms with Crippen molar-refractivity contribution in [3.8, 4) is 0 Å². The van der Waals surface area contributed by atoms with Gasteiger partial charge in [0.15, 0.2) is 0 Å². The van der Waals surface area contributed by atoms with Crippen molar-refractivity contribution in [2.45, 2.75) is 101 Å². The van der Waals surface area contributed by atoms with Gasteiger partial charge in [0.1, 0.15) is 0 Å². The highest BCUT2D eigenvalue weighted by Gasteiger charge is 2.45. The van der Waals surface area contributed by atoms with Crippen LogP contribution in [0.2, 0.25) is 0 Å². The minimum absolute atomic E-state index is 0.225. The van der Waals surface area contributed by atoms with Gasteiger partial charge in [0.05, 0.1) is 0 Å². The lowest BCUT2D eigenvalue weighted by Crippen LogP contribution is -2.36.